The first-order chi connectivity index (χ1) is 14.8. The Morgan fingerprint density at radius 3 is 2.65 bits per heavy atom. The molecule has 2 saturated carbocycles. The summed E-state index contributed by atoms with van der Waals surface area (Å²) in [6.07, 6.45) is 10.6. The smallest absolute Gasteiger partial charge is 0.257 e. The predicted octanol–water partition coefficient (Wildman–Crippen LogP) is 2.46. The fraction of sp³-hybridized carbons (Fsp3) is 0.773. The Kier molecular flexibility index (Phi) is 5.24. The van der Waals surface area contributed by atoms with Gasteiger partial charge in [0.15, 0.2) is 0 Å². The van der Waals surface area contributed by atoms with Crippen LogP contribution in [0.4, 0.5) is 0 Å². The van der Waals surface area contributed by atoms with Crippen molar-refractivity contribution in [3.05, 3.63) is 18.5 Å². The Balaban J connectivity index is 1.18. The molecule has 2 saturated heterocycles. The van der Waals surface area contributed by atoms with Gasteiger partial charge < -0.3 is 10.1 Å². The average Bonchev–Trinajstić information content (AvgIpc) is 3.29. The van der Waals surface area contributed by atoms with E-state index in [9.17, 15) is 13.8 Å². The summed E-state index contributed by atoms with van der Waals surface area (Å²) in [6, 6.07) is 1.46. The van der Waals surface area contributed by atoms with Gasteiger partial charge in [-0.05, 0) is 63.4 Å². The number of nitrogens with zero attached hydrogens (tertiary/aromatic N) is 3. The normalized spacial score (nSPS) is 37.1. The van der Waals surface area contributed by atoms with Crippen LogP contribution in [0.5, 0.6) is 0 Å². The van der Waals surface area contributed by atoms with Gasteiger partial charge in [-0.2, -0.15) is 9.46 Å². The lowest BCUT2D eigenvalue weighted by molar-refractivity contribution is -0.129. The molecule has 2 aliphatic carbocycles. The van der Waals surface area contributed by atoms with E-state index in [4.69, 9.17) is 4.74 Å². The molecule has 9 heteroatoms. The van der Waals surface area contributed by atoms with Crippen molar-refractivity contribution in [2.75, 3.05) is 18.1 Å². The molecule has 2 spiro atoms. The molecule has 2 aliphatic heterocycles. The first kappa shape index (κ1) is 21.1. The summed E-state index contributed by atoms with van der Waals surface area (Å²) in [5.74, 6) is 0.659. The summed E-state index contributed by atoms with van der Waals surface area (Å²) in [7, 11) is -2.49. The van der Waals surface area contributed by atoms with Gasteiger partial charge in [0.05, 0.1) is 15.3 Å². The van der Waals surface area contributed by atoms with Crippen molar-refractivity contribution in [3.63, 3.8) is 0 Å². The van der Waals surface area contributed by atoms with E-state index in [0.717, 1.165) is 25.7 Å². The van der Waals surface area contributed by atoms with Gasteiger partial charge in [-0.1, -0.05) is 6.42 Å². The van der Waals surface area contributed by atoms with Gasteiger partial charge in [0.25, 0.3) is 5.91 Å². The molecule has 0 radical (unpaired) electrons. The number of nitrogens with one attached hydrogen (secondary N) is 1. The topological polar surface area (TPSA) is 103 Å². The minimum atomic E-state index is -2.49. The minimum absolute atomic E-state index is 0.0249. The zero-order valence-electron chi connectivity index (χ0n) is 18.1. The van der Waals surface area contributed by atoms with Crippen LogP contribution in [0.15, 0.2) is 22.8 Å². The quantitative estimate of drug-likeness (QED) is 0.762. The van der Waals surface area contributed by atoms with E-state index in [1.54, 1.807) is 23.1 Å². The second-order valence-electron chi connectivity index (χ2n) is 9.97. The molecule has 8 nitrogen and oxygen atoms in total. The van der Waals surface area contributed by atoms with E-state index >= 15 is 0 Å². The molecule has 3 heterocycles. The molecule has 0 aromatic carbocycles. The maximum atomic E-state index is 13.2. The molecular weight excluding hydrogens is 416 g/mol. The molecule has 1 aromatic rings. The maximum absolute atomic E-state index is 13.2. The second-order valence-corrected chi connectivity index (χ2v) is 12.5. The number of aromatic nitrogens is 2. The summed E-state index contributed by atoms with van der Waals surface area (Å²) in [5.41, 5.74) is -0.156. The third-order valence-corrected chi connectivity index (χ3v) is 10.2. The summed E-state index contributed by atoms with van der Waals surface area (Å²) >= 11 is 0. The second kappa shape index (κ2) is 7.69. The van der Waals surface area contributed by atoms with Gasteiger partial charge in [-0.25, -0.2) is 4.21 Å². The van der Waals surface area contributed by atoms with Gasteiger partial charge in [0, 0.05) is 42.5 Å². The van der Waals surface area contributed by atoms with Gasteiger partial charge in [-0.3, -0.25) is 14.3 Å². The number of carbonyl (C=O) groups excluding carboxylic acids is 2. The highest BCUT2D eigenvalue weighted by Gasteiger charge is 2.61. The van der Waals surface area contributed by atoms with Gasteiger partial charge >= 0.3 is 0 Å². The predicted molar refractivity (Wildman–Crippen MR) is 116 cm³/mol. The monoisotopic (exact) mass is 448 g/mol. The lowest BCUT2D eigenvalue weighted by Crippen LogP contribution is -2.52. The Morgan fingerprint density at radius 2 is 2.03 bits per heavy atom. The Labute approximate surface area is 183 Å². The number of ether oxygens (including phenoxy) is 1. The van der Waals surface area contributed by atoms with E-state index in [1.165, 1.54) is 6.42 Å². The number of hydrogen-bond donors (Lipinski definition) is 1. The summed E-state index contributed by atoms with van der Waals surface area (Å²) < 4.78 is 25.3. The lowest BCUT2D eigenvalue weighted by atomic mass is 9.80. The average molecular weight is 449 g/mol. The Hall–Kier alpha value is -1.74. The summed E-state index contributed by atoms with van der Waals surface area (Å²) in [4.78, 5) is 25.2. The van der Waals surface area contributed by atoms with Crippen molar-refractivity contribution in [1.82, 2.24) is 15.1 Å². The molecule has 0 bridgehead atoms. The van der Waals surface area contributed by atoms with Crippen molar-refractivity contribution in [2.24, 2.45) is 15.7 Å². The highest BCUT2D eigenvalue weighted by molar-refractivity contribution is 7.93. The van der Waals surface area contributed by atoms with Crippen LogP contribution in [0.3, 0.4) is 0 Å². The van der Waals surface area contributed by atoms with Crippen LogP contribution in [-0.2, 0) is 24.1 Å². The first-order valence-corrected chi connectivity index (χ1v) is 13.4. The molecule has 170 valence electrons. The number of rotatable bonds is 4. The van der Waals surface area contributed by atoms with E-state index in [-0.39, 0.29) is 40.8 Å². The molecule has 4 aliphatic rings. The molecule has 3 atom stereocenters. The van der Waals surface area contributed by atoms with Crippen LogP contribution in [0.25, 0.3) is 0 Å². The molecular formula is C22H32N4O4S. The van der Waals surface area contributed by atoms with Crippen LogP contribution in [0.1, 0.15) is 64.3 Å². The number of carbonyl (C=O) groups is 2. The number of hydrogen-bond acceptors (Lipinski definition) is 5. The fourth-order valence-corrected chi connectivity index (χ4v) is 7.79. The fourth-order valence-electron chi connectivity index (χ4n) is 5.57. The van der Waals surface area contributed by atoms with E-state index in [2.05, 4.69) is 14.8 Å². The molecule has 5 rings (SSSR count). The van der Waals surface area contributed by atoms with Crippen molar-refractivity contribution >= 4 is 21.5 Å². The minimum Gasteiger partial charge on any atom is -0.375 e. The van der Waals surface area contributed by atoms with Crippen molar-refractivity contribution in [1.29, 1.82) is 0 Å². The van der Waals surface area contributed by atoms with Crippen LogP contribution < -0.4 is 5.32 Å². The van der Waals surface area contributed by atoms with Crippen LogP contribution in [0.2, 0.25) is 0 Å². The molecule has 4 fully saturated rings. The molecule has 1 N–H and O–H groups in total. The molecule has 31 heavy (non-hydrogen) atoms. The Morgan fingerprint density at radius 1 is 1.26 bits per heavy atom. The molecule has 2 amide bonds. The first-order valence-electron chi connectivity index (χ1n) is 11.5. The highest BCUT2D eigenvalue weighted by Crippen LogP contribution is 2.65. The van der Waals surface area contributed by atoms with Crippen molar-refractivity contribution in [3.8, 4) is 0 Å². The van der Waals surface area contributed by atoms with E-state index in [1.807, 2.05) is 6.92 Å². The third-order valence-electron chi connectivity index (χ3n) is 7.99. The zero-order valence-corrected chi connectivity index (χ0v) is 18.9. The molecule has 1 aromatic heterocycles. The van der Waals surface area contributed by atoms with Crippen LogP contribution in [0, 0.1) is 11.3 Å². The van der Waals surface area contributed by atoms with Gasteiger partial charge in [0.1, 0.15) is 6.04 Å². The van der Waals surface area contributed by atoms with Gasteiger partial charge in [-0.15, -0.1) is 0 Å². The van der Waals surface area contributed by atoms with Crippen LogP contribution >= 0.6 is 0 Å². The van der Waals surface area contributed by atoms with Crippen molar-refractivity contribution < 1.29 is 18.5 Å². The Bertz CT molecular complexity index is 964. The summed E-state index contributed by atoms with van der Waals surface area (Å²) in [5, 5.41) is 7.30. The standard InChI is InChI=1S/C22H32N4O4S/c1-16(26-10-3-9-23-26)19(27)24-17-4-11-30-22(14-17)7-12-31(29,13-8-22)25-20(28)18-15-21(18)5-2-6-21/h3,9-10,16-18H,2,4-8,11-15H2,1H3,(H,24,27). The zero-order chi connectivity index (χ0) is 21.7. The maximum Gasteiger partial charge on any atom is 0.257 e. The summed E-state index contributed by atoms with van der Waals surface area (Å²) in [6.45, 7) is 2.41. The van der Waals surface area contributed by atoms with Crippen molar-refractivity contribution in [2.45, 2.75) is 76.0 Å². The lowest BCUT2D eigenvalue weighted by Gasteiger charge is -2.44. The highest BCUT2D eigenvalue weighted by atomic mass is 32.2. The SMILES string of the molecule is CC(C(=O)NC1CCOC2(CCS(=O)(=NC(=O)C3CC34CCC4)CC2)C1)n1cccn1. The number of amides is 2. The molecule has 3 unspecified atom stereocenters. The third kappa shape index (κ3) is 4.06. The van der Waals surface area contributed by atoms with E-state index < -0.39 is 9.73 Å². The van der Waals surface area contributed by atoms with E-state index in [0.29, 0.717) is 37.4 Å². The largest absolute Gasteiger partial charge is 0.375 e. The van der Waals surface area contributed by atoms with Gasteiger partial charge in [0.2, 0.25) is 5.91 Å². The van der Waals surface area contributed by atoms with Crippen LogP contribution in [-0.4, -0.2) is 55.6 Å².